The van der Waals surface area contributed by atoms with Gasteiger partial charge in [0.15, 0.2) is 0 Å². The first-order chi connectivity index (χ1) is 9.13. The highest BCUT2D eigenvalue weighted by atomic mass is 35.5. The number of rotatable bonds is 6. The number of nitrogens with one attached hydrogen (secondary N) is 1. The summed E-state index contributed by atoms with van der Waals surface area (Å²) in [5.41, 5.74) is 1.32. The third-order valence-electron chi connectivity index (χ3n) is 3.60. The molecule has 0 unspecified atom stereocenters. The van der Waals surface area contributed by atoms with Crippen LogP contribution < -0.4 is 5.32 Å². The molecule has 1 atom stereocenters. The molecule has 1 heterocycles. The molecule has 0 saturated carbocycles. The molecule has 3 heteroatoms. The highest BCUT2D eigenvalue weighted by molar-refractivity contribution is 6.30. The van der Waals surface area contributed by atoms with Crippen LogP contribution in [0.3, 0.4) is 0 Å². The fourth-order valence-corrected chi connectivity index (χ4v) is 3.06. The van der Waals surface area contributed by atoms with Gasteiger partial charge in [0.2, 0.25) is 0 Å². The van der Waals surface area contributed by atoms with Crippen LogP contribution in [-0.4, -0.2) is 31.1 Å². The number of benzene rings is 1. The minimum Gasteiger partial charge on any atom is -0.316 e. The highest BCUT2D eigenvalue weighted by Gasteiger charge is 2.19. The summed E-state index contributed by atoms with van der Waals surface area (Å²) in [6.45, 7) is 10.3. The largest absolute Gasteiger partial charge is 0.316 e. The lowest BCUT2D eigenvalue weighted by Crippen LogP contribution is -2.33. The van der Waals surface area contributed by atoms with Crippen molar-refractivity contribution < 1.29 is 0 Å². The van der Waals surface area contributed by atoms with E-state index in [2.05, 4.69) is 36.2 Å². The lowest BCUT2D eigenvalue weighted by molar-refractivity contribution is 0.205. The lowest BCUT2D eigenvalue weighted by Gasteiger charge is -2.27. The Labute approximate surface area is 122 Å². The molecule has 1 aliphatic rings. The molecule has 1 aromatic rings. The van der Waals surface area contributed by atoms with Gasteiger partial charge in [-0.15, -0.1) is 0 Å². The van der Waals surface area contributed by atoms with Crippen molar-refractivity contribution in [2.24, 2.45) is 11.8 Å². The van der Waals surface area contributed by atoms with Crippen LogP contribution >= 0.6 is 11.6 Å². The van der Waals surface area contributed by atoms with E-state index in [-0.39, 0.29) is 0 Å². The van der Waals surface area contributed by atoms with Crippen molar-refractivity contribution in [2.75, 3.05) is 26.2 Å². The topological polar surface area (TPSA) is 15.3 Å². The third-order valence-corrected chi connectivity index (χ3v) is 3.83. The highest BCUT2D eigenvalue weighted by Crippen LogP contribution is 2.16. The molecule has 19 heavy (non-hydrogen) atoms. The van der Waals surface area contributed by atoms with Crippen molar-refractivity contribution in [3.63, 3.8) is 0 Å². The number of nitrogens with zero attached hydrogens (tertiary/aromatic N) is 1. The maximum atomic E-state index is 6.08. The third kappa shape index (κ3) is 5.13. The maximum Gasteiger partial charge on any atom is 0.0409 e. The first-order valence-electron chi connectivity index (χ1n) is 7.31. The Morgan fingerprint density at radius 3 is 2.89 bits per heavy atom. The van der Waals surface area contributed by atoms with E-state index in [9.17, 15) is 0 Å². The van der Waals surface area contributed by atoms with Crippen LogP contribution in [0.2, 0.25) is 5.02 Å². The molecular weight excluding hydrogens is 256 g/mol. The van der Waals surface area contributed by atoms with Crippen molar-refractivity contribution >= 4 is 11.6 Å². The Balaban J connectivity index is 1.96. The van der Waals surface area contributed by atoms with Crippen molar-refractivity contribution in [3.8, 4) is 0 Å². The summed E-state index contributed by atoms with van der Waals surface area (Å²) in [4.78, 5) is 2.58. The van der Waals surface area contributed by atoms with E-state index in [0.29, 0.717) is 5.92 Å². The molecule has 1 aliphatic heterocycles. The summed E-state index contributed by atoms with van der Waals surface area (Å²) < 4.78 is 0. The van der Waals surface area contributed by atoms with Gasteiger partial charge in [-0.1, -0.05) is 37.6 Å². The Hall–Kier alpha value is -0.570. The van der Waals surface area contributed by atoms with E-state index in [0.717, 1.165) is 24.0 Å². The van der Waals surface area contributed by atoms with Gasteiger partial charge in [-0.2, -0.15) is 0 Å². The standard InChI is InChI=1S/C16H25ClN2/c1-13(2)10-19(12-15-6-7-18-9-15)11-14-4-3-5-16(17)8-14/h3-5,8,13,15,18H,6-7,9-12H2,1-2H3/t15-/m0/s1. The molecule has 1 aromatic carbocycles. The molecular formula is C16H25ClN2. The van der Waals surface area contributed by atoms with Gasteiger partial charge >= 0.3 is 0 Å². The zero-order valence-corrected chi connectivity index (χ0v) is 12.8. The van der Waals surface area contributed by atoms with Crippen molar-refractivity contribution in [3.05, 3.63) is 34.9 Å². The van der Waals surface area contributed by atoms with E-state index >= 15 is 0 Å². The SMILES string of the molecule is CC(C)CN(Cc1cccc(Cl)c1)C[C@H]1CCNC1. The molecule has 0 amide bonds. The summed E-state index contributed by atoms with van der Waals surface area (Å²) >= 11 is 6.08. The molecule has 1 N–H and O–H groups in total. The average molecular weight is 281 g/mol. The van der Waals surface area contributed by atoms with Crippen LogP contribution in [0.15, 0.2) is 24.3 Å². The first kappa shape index (κ1) is 14.8. The molecule has 0 spiro atoms. The molecule has 2 rings (SSSR count). The maximum absolute atomic E-state index is 6.08. The van der Waals surface area contributed by atoms with Gasteiger partial charge in [0, 0.05) is 24.7 Å². The number of halogens is 1. The van der Waals surface area contributed by atoms with Crippen LogP contribution in [0.4, 0.5) is 0 Å². The second-order valence-corrected chi connectivity index (χ2v) is 6.51. The smallest absolute Gasteiger partial charge is 0.0409 e. The van der Waals surface area contributed by atoms with Gasteiger partial charge in [0.1, 0.15) is 0 Å². The zero-order valence-electron chi connectivity index (χ0n) is 12.0. The second kappa shape index (κ2) is 7.28. The average Bonchev–Trinajstić information content (AvgIpc) is 2.80. The Morgan fingerprint density at radius 1 is 1.42 bits per heavy atom. The predicted molar refractivity (Wildman–Crippen MR) is 82.5 cm³/mol. The van der Waals surface area contributed by atoms with Gasteiger partial charge in [0.05, 0.1) is 0 Å². The van der Waals surface area contributed by atoms with E-state index in [1.54, 1.807) is 0 Å². The first-order valence-corrected chi connectivity index (χ1v) is 7.69. The van der Waals surface area contributed by atoms with Gasteiger partial charge in [-0.3, -0.25) is 4.90 Å². The summed E-state index contributed by atoms with van der Waals surface area (Å²) in [6, 6.07) is 8.25. The van der Waals surface area contributed by atoms with Crippen molar-refractivity contribution in [1.82, 2.24) is 10.2 Å². The fourth-order valence-electron chi connectivity index (χ4n) is 2.85. The van der Waals surface area contributed by atoms with Crippen LogP contribution in [0.1, 0.15) is 25.8 Å². The summed E-state index contributed by atoms with van der Waals surface area (Å²) in [6.07, 6.45) is 1.31. The van der Waals surface area contributed by atoms with Gasteiger partial charge in [-0.05, 0) is 49.0 Å². The summed E-state index contributed by atoms with van der Waals surface area (Å²) in [5.74, 6) is 1.51. The molecule has 2 nitrogen and oxygen atoms in total. The Morgan fingerprint density at radius 2 is 2.26 bits per heavy atom. The van der Waals surface area contributed by atoms with Crippen LogP contribution in [0.25, 0.3) is 0 Å². The minimum absolute atomic E-state index is 0.702. The molecule has 1 saturated heterocycles. The van der Waals surface area contributed by atoms with Gasteiger partial charge < -0.3 is 5.32 Å². The molecule has 106 valence electrons. The Bertz CT molecular complexity index is 386. The monoisotopic (exact) mass is 280 g/mol. The second-order valence-electron chi connectivity index (χ2n) is 6.08. The van der Waals surface area contributed by atoms with Crippen LogP contribution in [0.5, 0.6) is 0 Å². The molecule has 1 fully saturated rings. The van der Waals surface area contributed by atoms with E-state index in [4.69, 9.17) is 11.6 Å². The van der Waals surface area contributed by atoms with E-state index < -0.39 is 0 Å². The molecule has 0 bridgehead atoms. The number of hydrogen-bond donors (Lipinski definition) is 1. The van der Waals surface area contributed by atoms with Gasteiger partial charge in [-0.25, -0.2) is 0 Å². The quantitative estimate of drug-likeness (QED) is 0.859. The summed E-state index contributed by atoms with van der Waals surface area (Å²) in [7, 11) is 0. The predicted octanol–water partition coefficient (Wildman–Crippen LogP) is 3.41. The molecule has 0 radical (unpaired) electrons. The Kier molecular flexibility index (Phi) is 5.68. The minimum atomic E-state index is 0.702. The molecule has 0 aromatic heterocycles. The van der Waals surface area contributed by atoms with Crippen LogP contribution in [0, 0.1) is 11.8 Å². The van der Waals surface area contributed by atoms with E-state index in [1.165, 1.54) is 31.6 Å². The lowest BCUT2D eigenvalue weighted by atomic mass is 10.1. The van der Waals surface area contributed by atoms with Crippen LogP contribution in [-0.2, 0) is 6.54 Å². The fraction of sp³-hybridized carbons (Fsp3) is 0.625. The van der Waals surface area contributed by atoms with E-state index in [1.807, 2.05) is 12.1 Å². The van der Waals surface area contributed by atoms with Gasteiger partial charge in [0.25, 0.3) is 0 Å². The van der Waals surface area contributed by atoms with Crippen molar-refractivity contribution in [1.29, 1.82) is 0 Å². The zero-order chi connectivity index (χ0) is 13.7. The van der Waals surface area contributed by atoms with Crippen molar-refractivity contribution in [2.45, 2.75) is 26.8 Å². The molecule has 0 aliphatic carbocycles. The summed E-state index contributed by atoms with van der Waals surface area (Å²) in [5, 5.41) is 4.29. The number of hydrogen-bond acceptors (Lipinski definition) is 2. The normalized spacial score (nSPS) is 19.5.